The summed E-state index contributed by atoms with van der Waals surface area (Å²) in [6, 6.07) is 27.1. The largest absolute Gasteiger partial charge is 0.497 e. The molecule has 7 nitrogen and oxygen atoms in total. The van der Waals surface area contributed by atoms with Gasteiger partial charge in [0.25, 0.3) is 11.8 Å². The first-order valence-corrected chi connectivity index (χ1v) is 13.9. The molecular weight excluding hydrogens is 552 g/mol. The Morgan fingerprint density at radius 2 is 1.62 bits per heavy atom. The van der Waals surface area contributed by atoms with Gasteiger partial charge >= 0.3 is 0 Å². The lowest BCUT2D eigenvalue weighted by Crippen LogP contribution is -2.52. The maximum atomic E-state index is 15.0. The summed E-state index contributed by atoms with van der Waals surface area (Å²) in [6.45, 7) is 2.10. The average Bonchev–Trinajstić information content (AvgIpc) is 3.39. The fraction of sp³-hybridized carbons (Fsp3) is 0.147. The first kappa shape index (κ1) is 26.0. The molecule has 0 aliphatic carbocycles. The van der Waals surface area contributed by atoms with Crippen molar-refractivity contribution in [1.29, 1.82) is 0 Å². The van der Waals surface area contributed by atoms with Crippen molar-refractivity contribution in [2.24, 2.45) is 0 Å². The van der Waals surface area contributed by atoms with Gasteiger partial charge in [0.2, 0.25) is 5.76 Å². The Kier molecular flexibility index (Phi) is 5.95. The van der Waals surface area contributed by atoms with Crippen molar-refractivity contribution >= 4 is 40.1 Å². The van der Waals surface area contributed by atoms with Crippen LogP contribution in [0, 0.1) is 6.92 Å². The van der Waals surface area contributed by atoms with Gasteiger partial charge in [0.05, 0.1) is 30.3 Å². The Bertz CT molecular complexity index is 1980. The van der Waals surface area contributed by atoms with E-state index < -0.39 is 22.8 Å². The minimum Gasteiger partial charge on any atom is -0.497 e. The van der Waals surface area contributed by atoms with Crippen molar-refractivity contribution in [3.05, 3.63) is 140 Å². The zero-order valence-corrected chi connectivity index (χ0v) is 23.6. The molecule has 0 radical (unpaired) electrons. The van der Waals surface area contributed by atoms with Gasteiger partial charge in [0.1, 0.15) is 11.3 Å². The van der Waals surface area contributed by atoms with Crippen LogP contribution in [0.4, 0.5) is 5.69 Å². The molecule has 42 heavy (non-hydrogen) atoms. The summed E-state index contributed by atoms with van der Waals surface area (Å²) in [5, 5.41) is 0.838. The number of methoxy groups -OCH3 is 1. The summed E-state index contributed by atoms with van der Waals surface area (Å²) in [5.74, 6) is -0.393. The molecule has 0 bridgehead atoms. The van der Waals surface area contributed by atoms with E-state index in [0.29, 0.717) is 33.0 Å². The quantitative estimate of drug-likeness (QED) is 0.248. The van der Waals surface area contributed by atoms with Crippen LogP contribution in [0.2, 0.25) is 5.02 Å². The van der Waals surface area contributed by atoms with Gasteiger partial charge in [0.15, 0.2) is 11.0 Å². The van der Waals surface area contributed by atoms with Gasteiger partial charge in [-0.05, 0) is 54.4 Å². The van der Waals surface area contributed by atoms with Gasteiger partial charge in [-0.25, -0.2) is 0 Å². The highest BCUT2D eigenvalue weighted by Crippen LogP contribution is 2.53. The minimum atomic E-state index is -1.73. The van der Waals surface area contributed by atoms with Gasteiger partial charge in [-0.1, -0.05) is 71.8 Å². The van der Waals surface area contributed by atoms with Crippen molar-refractivity contribution < 1.29 is 18.7 Å². The lowest BCUT2D eigenvalue weighted by Gasteiger charge is -2.34. The van der Waals surface area contributed by atoms with Gasteiger partial charge < -0.3 is 19.0 Å². The number of nitrogens with zero attached hydrogens (tertiary/aromatic N) is 2. The highest BCUT2D eigenvalue weighted by atomic mass is 35.5. The van der Waals surface area contributed by atoms with E-state index in [1.807, 2.05) is 67.6 Å². The van der Waals surface area contributed by atoms with Crippen LogP contribution in [-0.2, 0) is 23.4 Å². The number of hydrogen-bond donors (Lipinski definition) is 0. The van der Waals surface area contributed by atoms with Gasteiger partial charge in [0, 0.05) is 17.1 Å². The fourth-order valence-electron chi connectivity index (χ4n) is 6.19. The van der Waals surface area contributed by atoms with Crippen molar-refractivity contribution in [1.82, 2.24) is 4.90 Å². The van der Waals surface area contributed by atoms with Gasteiger partial charge in [-0.2, -0.15) is 0 Å². The standard InChI is InChI=1S/C34H25ClN2O5/c1-20-11-16-28-24(17-20)30(38)29-31(42-28)32(39)37(18-21-12-14-23(41-2)15-13-21)34(29)25-8-4-6-10-27(25)36(33(34)40)19-22-7-3-5-9-26(22)35/h3-17H,18-19H2,1-2H3. The molecule has 1 aromatic heterocycles. The first-order valence-electron chi connectivity index (χ1n) is 13.5. The predicted molar refractivity (Wildman–Crippen MR) is 160 cm³/mol. The van der Waals surface area contributed by atoms with E-state index >= 15 is 0 Å². The van der Waals surface area contributed by atoms with Crippen LogP contribution in [0.15, 0.2) is 100 Å². The predicted octanol–water partition coefficient (Wildman–Crippen LogP) is 6.21. The normalized spacial score (nSPS) is 17.3. The molecule has 0 saturated heterocycles. The molecule has 208 valence electrons. The topological polar surface area (TPSA) is 80.1 Å². The number of hydrogen-bond acceptors (Lipinski definition) is 5. The Morgan fingerprint density at radius 1 is 0.881 bits per heavy atom. The van der Waals surface area contributed by atoms with Crippen LogP contribution in [0.1, 0.15) is 38.4 Å². The lowest BCUT2D eigenvalue weighted by atomic mass is 9.83. The number of aryl methyl sites for hydroxylation is 1. The Labute approximate surface area is 246 Å². The van der Waals surface area contributed by atoms with Crippen LogP contribution in [0.5, 0.6) is 5.75 Å². The second kappa shape index (κ2) is 9.60. The molecule has 0 N–H and O–H groups in total. The van der Waals surface area contributed by atoms with Gasteiger partial charge in [-0.3, -0.25) is 14.4 Å². The number of amides is 2. The third-order valence-corrected chi connectivity index (χ3v) is 8.55. The number of para-hydroxylation sites is 1. The first-order chi connectivity index (χ1) is 20.3. The van der Waals surface area contributed by atoms with Crippen LogP contribution >= 0.6 is 11.6 Å². The molecule has 2 aliphatic heterocycles. The molecule has 2 aliphatic rings. The number of anilines is 1. The van der Waals surface area contributed by atoms with E-state index in [1.165, 1.54) is 4.90 Å². The highest BCUT2D eigenvalue weighted by molar-refractivity contribution is 6.31. The van der Waals surface area contributed by atoms with E-state index in [9.17, 15) is 14.4 Å². The number of carbonyl (C=O) groups excluding carboxylic acids is 2. The maximum Gasteiger partial charge on any atom is 0.291 e. The second-order valence-electron chi connectivity index (χ2n) is 10.6. The molecule has 1 unspecified atom stereocenters. The fourth-order valence-corrected chi connectivity index (χ4v) is 6.39. The van der Waals surface area contributed by atoms with Crippen molar-refractivity contribution in [3.8, 4) is 5.75 Å². The van der Waals surface area contributed by atoms with E-state index in [4.69, 9.17) is 20.8 Å². The minimum absolute atomic E-state index is 0.0400. The number of halogens is 1. The van der Waals surface area contributed by atoms with Crippen LogP contribution in [-0.4, -0.2) is 23.8 Å². The molecule has 3 heterocycles. The number of benzene rings is 4. The zero-order chi connectivity index (χ0) is 29.2. The van der Waals surface area contributed by atoms with Crippen LogP contribution in [0.25, 0.3) is 11.0 Å². The van der Waals surface area contributed by atoms with Crippen molar-refractivity contribution in [2.75, 3.05) is 12.0 Å². The molecule has 7 rings (SSSR count). The Balaban J connectivity index is 1.50. The second-order valence-corrected chi connectivity index (χ2v) is 11.0. The van der Waals surface area contributed by atoms with Crippen molar-refractivity contribution in [2.45, 2.75) is 25.6 Å². The summed E-state index contributed by atoms with van der Waals surface area (Å²) >= 11 is 6.52. The van der Waals surface area contributed by atoms with Crippen molar-refractivity contribution in [3.63, 3.8) is 0 Å². The Morgan fingerprint density at radius 3 is 2.38 bits per heavy atom. The van der Waals surface area contributed by atoms with E-state index in [1.54, 1.807) is 42.3 Å². The molecular formula is C34H25ClN2O5. The molecule has 2 amide bonds. The smallest absolute Gasteiger partial charge is 0.291 e. The molecule has 0 fully saturated rings. The molecule has 1 spiro atoms. The number of carbonyl (C=O) groups is 2. The lowest BCUT2D eigenvalue weighted by molar-refractivity contribution is -0.126. The summed E-state index contributed by atoms with van der Waals surface area (Å²) in [6.07, 6.45) is 0. The van der Waals surface area contributed by atoms with Gasteiger partial charge in [-0.15, -0.1) is 0 Å². The number of rotatable bonds is 5. The van der Waals surface area contributed by atoms with E-state index in [-0.39, 0.29) is 24.4 Å². The van der Waals surface area contributed by atoms with E-state index in [0.717, 1.165) is 16.7 Å². The third-order valence-electron chi connectivity index (χ3n) is 8.18. The SMILES string of the molecule is COc1ccc(CN2C(=O)c3oc4ccc(C)cc4c(=O)c3C23C(=O)N(Cc2ccccc2Cl)c2ccccc23)cc1. The molecule has 1 atom stereocenters. The number of fused-ring (bicyclic) bond motifs is 5. The molecule has 8 heteroatoms. The molecule has 0 saturated carbocycles. The molecule has 4 aromatic carbocycles. The monoisotopic (exact) mass is 576 g/mol. The average molecular weight is 577 g/mol. The maximum absolute atomic E-state index is 15.0. The number of ether oxygens (including phenoxy) is 1. The zero-order valence-electron chi connectivity index (χ0n) is 22.9. The summed E-state index contributed by atoms with van der Waals surface area (Å²) < 4.78 is 11.5. The van der Waals surface area contributed by atoms with E-state index in [2.05, 4.69) is 0 Å². The summed E-state index contributed by atoms with van der Waals surface area (Å²) in [4.78, 5) is 46.7. The highest BCUT2D eigenvalue weighted by Gasteiger charge is 2.65. The van der Waals surface area contributed by atoms with Crippen LogP contribution < -0.4 is 15.1 Å². The summed E-state index contributed by atoms with van der Waals surface area (Å²) in [5.41, 5.74) is 1.72. The third kappa shape index (κ3) is 3.63. The summed E-state index contributed by atoms with van der Waals surface area (Å²) in [7, 11) is 1.58. The van der Waals surface area contributed by atoms with Crippen LogP contribution in [0.3, 0.4) is 0 Å². The Hall–Kier alpha value is -4.88. The molecule has 5 aromatic rings.